The fourth-order valence-electron chi connectivity index (χ4n) is 1.96. The number of nitrogens with one attached hydrogen (secondary N) is 1. The first kappa shape index (κ1) is 13.2. The van der Waals surface area contributed by atoms with Gasteiger partial charge in [-0.05, 0) is 32.2 Å². The van der Waals surface area contributed by atoms with Gasteiger partial charge in [0.1, 0.15) is 5.82 Å². The average Bonchev–Trinajstić information content (AvgIpc) is 2.68. The lowest BCUT2D eigenvalue weighted by Crippen LogP contribution is -2.21. The normalized spacial score (nSPS) is 13.3. The van der Waals surface area contributed by atoms with Crippen molar-refractivity contribution < 1.29 is 0 Å². The lowest BCUT2D eigenvalue weighted by molar-refractivity contribution is 0.434. The van der Waals surface area contributed by atoms with Crippen LogP contribution in [0.3, 0.4) is 0 Å². The van der Waals surface area contributed by atoms with Crippen molar-refractivity contribution in [3.63, 3.8) is 0 Å². The standard InChI is InChI=1S/C13H25N3/c1-5-9-16-10-8-15-13(16)12(14-4)7-6-11(2)3/h8,10-12,14H,5-7,9H2,1-4H3. The van der Waals surface area contributed by atoms with Crippen LogP contribution in [0.15, 0.2) is 12.4 Å². The average molecular weight is 223 g/mol. The SMILES string of the molecule is CCCn1ccnc1C(CCC(C)C)NC. The quantitative estimate of drug-likeness (QED) is 0.770. The molecule has 0 saturated carbocycles. The summed E-state index contributed by atoms with van der Waals surface area (Å²) in [5.74, 6) is 1.94. The minimum Gasteiger partial charge on any atom is -0.334 e. The molecule has 0 aliphatic carbocycles. The van der Waals surface area contributed by atoms with Crippen molar-refractivity contribution in [1.82, 2.24) is 14.9 Å². The Labute approximate surface area is 99.3 Å². The van der Waals surface area contributed by atoms with E-state index in [4.69, 9.17) is 0 Å². The highest BCUT2D eigenvalue weighted by Crippen LogP contribution is 2.19. The van der Waals surface area contributed by atoms with E-state index in [1.165, 1.54) is 12.2 Å². The highest BCUT2D eigenvalue weighted by atomic mass is 15.1. The van der Waals surface area contributed by atoms with E-state index in [9.17, 15) is 0 Å². The first-order valence-electron chi connectivity index (χ1n) is 6.37. The molecule has 3 heteroatoms. The largest absolute Gasteiger partial charge is 0.334 e. The molecule has 0 spiro atoms. The summed E-state index contributed by atoms with van der Waals surface area (Å²) in [5, 5.41) is 3.38. The second kappa shape index (κ2) is 6.69. The van der Waals surface area contributed by atoms with Gasteiger partial charge in [-0.2, -0.15) is 0 Å². The van der Waals surface area contributed by atoms with Gasteiger partial charge in [0.15, 0.2) is 0 Å². The Morgan fingerprint density at radius 2 is 2.12 bits per heavy atom. The zero-order chi connectivity index (χ0) is 12.0. The maximum atomic E-state index is 4.48. The van der Waals surface area contributed by atoms with E-state index in [1.54, 1.807) is 0 Å². The van der Waals surface area contributed by atoms with Gasteiger partial charge in [-0.25, -0.2) is 4.98 Å². The van der Waals surface area contributed by atoms with Crippen LogP contribution in [-0.2, 0) is 6.54 Å². The number of rotatable bonds is 7. The zero-order valence-corrected chi connectivity index (χ0v) is 11.0. The number of nitrogens with zero attached hydrogens (tertiary/aromatic N) is 2. The van der Waals surface area contributed by atoms with Crippen LogP contribution >= 0.6 is 0 Å². The number of aromatic nitrogens is 2. The van der Waals surface area contributed by atoms with Gasteiger partial charge in [0, 0.05) is 18.9 Å². The van der Waals surface area contributed by atoms with Crippen LogP contribution in [0.2, 0.25) is 0 Å². The van der Waals surface area contributed by atoms with Crippen molar-refractivity contribution in [3.05, 3.63) is 18.2 Å². The van der Waals surface area contributed by atoms with Crippen LogP contribution in [-0.4, -0.2) is 16.6 Å². The van der Waals surface area contributed by atoms with Crippen molar-refractivity contribution >= 4 is 0 Å². The number of aryl methyl sites for hydroxylation is 1. The molecular formula is C13H25N3. The molecule has 0 radical (unpaired) electrons. The van der Waals surface area contributed by atoms with Crippen LogP contribution in [0.25, 0.3) is 0 Å². The molecule has 1 unspecified atom stereocenters. The summed E-state index contributed by atoms with van der Waals surface area (Å²) in [6, 6.07) is 0.393. The molecule has 0 bridgehead atoms. The predicted octanol–water partition coefficient (Wildman–Crippen LogP) is 2.99. The maximum absolute atomic E-state index is 4.48. The van der Waals surface area contributed by atoms with E-state index in [2.05, 4.69) is 41.8 Å². The van der Waals surface area contributed by atoms with Gasteiger partial charge in [-0.3, -0.25) is 0 Å². The van der Waals surface area contributed by atoms with Crippen molar-refractivity contribution in [2.24, 2.45) is 5.92 Å². The first-order chi connectivity index (χ1) is 7.69. The smallest absolute Gasteiger partial charge is 0.125 e. The molecule has 1 heterocycles. The molecule has 0 aromatic carbocycles. The Bertz CT molecular complexity index is 291. The van der Waals surface area contributed by atoms with Crippen LogP contribution in [0, 0.1) is 5.92 Å². The Morgan fingerprint density at radius 1 is 1.38 bits per heavy atom. The fraction of sp³-hybridized carbons (Fsp3) is 0.769. The molecule has 1 aromatic heterocycles. The third-order valence-electron chi connectivity index (χ3n) is 2.91. The van der Waals surface area contributed by atoms with Crippen molar-refractivity contribution in [2.45, 2.75) is 52.6 Å². The van der Waals surface area contributed by atoms with Gasteiger partial charge in [-0.15, -0.1) is 0 Å². The lowest BCUT2D eigenvalue weighted by Gasteiger charge is -2.18. The number of hydrogen-bond acceptors (Lipinski definition) is 2. The highest BCUT2D eigenvalue weighted by molar-refractivity contribution is 4.99. The molecule has 0 amide bonds. The van der Waals surface area contributed by atoms with Gasteiger partial charge in [-0.1, -0.05) is 20.8 Å². The Kier molecular flexibility index (Phi) is 5.53. The summed E-state index contributed by atoms with van der Waals surface area (Å²) in [6.45, 7) is 7.80. The number of imidazole rings is 1. The van der Waals surface area contributed by atoms with Gasteiger partial charge >= 0.3 is 0 Å². The molecule has 16 heavy (non-hydrogen) atoms. The third-order valence-corrected chi connectivity index (χ3v) is 2.91. The van der Waals surface area contributed by atoms with Gasteiger partial charge in [0.25, 0.3) is 0 Å². The van der Waals surface area contributed by atoms with Gasteiger partial charge in [0.2, 0.25) is 0 Å². The third kappa shape index (κ3) is 3.63. The minimum absolute atomic E-state index is 0.393. The summed E-state index contributed by atoms with van der Waals surface area (Å²) in [5.41, 5.74) is 0. The predicted molar refractivity (Wildman–Crippen MR) is 68.4 cm³/mol. The lowest BCUT2D eigenvalue weighted by atomic mass is 10.0. The molecule has 1 aromatic rings. The highest BCUT2D eigenvalue weighted by Gasteiger charge is 2.14. The van der Waals surface area contributed by atoms with Crippen LogP contribution in [0.4, 0.5) is 0 Å². The first-order valence-corrected chi connectivity index (χ1v) is 6.37. The molecule has 0 aliphatic rings. The monoisotopic (exact) mass is 223 g/mol. The van der Waals surface area contributed by atoms with Crippen molar-refractivity contribution in [3.8, 4) is 0 Å². The molecule has 0 fully saturated rings. The van der Waals surface area contributed by atoms with E-state index in [0.717, 1.165) is 25.3 Å². The van der Waals surface area contributed by atoms with Crippen molar-refractivity contribution in [1.29, 1.82) is 0 Å². The van der Waals surface area contributed by atoms with E-state index in [-0.39, 0.29) is 0 Å². The van der Waals surface area contributed by atoms with E-state index >= 15 is 0 Å². The van der Waals surface area contributed by atoms with Crippen LogP contribution in [0.1, 0.15) is 51.9 Å². The Balaban J connectivity index is 2.66. The summed E-state index contributed by atoms with van der Waals surface area (Å²) in [6.07, 6.45) is 7.55. The maximum Gasteiger partial charge on any atom is 0.125 e. The second-order valence-corrected chi connectivity index (χ2v) is 4.79. The Hall–Kier alpha value is -0.830. The van der Waals surface area contributed by atoms with Gasteiger partial charge in [0.05, 0.1) is 6.04 Å². The molecule has 1 N–H and O–H groups in total. The van der Waals surface area contributed by atoms with E-state index < -0.39 is 0 Å². The molecule has 92 valence electrons. The number of hydrogen-bond donors (Lipinski definition) is 1. The van der Waals surface area contributed by atoms with Crippen molar-refractivity contribution in [2.75, 3.05) is 7.05 Å². The summed E-state index contributed by atoms with van der Waals surface area (Å²) in [7, 11) is 2.02. The van der Waals surface area contributed by atoms with Gasteiger partial charge < -0.3 is 9.88 Å². The molecule has 0 aliphatic heterocycles. The second-order valence-electron chi connectivity index (χ2n) is 4.79. The molecular weight excluding hydrogens is 198 g/mol. The van der Waals surface area contributed by atoms with E-state index in [0.29, 0.717) is 6.04 Å². The molecule has 1 atom stereocenters. The Morgan fingerprint density at radius 3 is 2.69 bits per heavy atom. The fourth-order valence-corrected chi connectivity index (χ4v) is 1.96. The summed E-state index contributed by atoms with van der Waals surface area (Å²) in [4.78, 5) is 4.48. The van der Waals surface area contributed by atoms with Crippen LogP contribution in [0.5, 0.6) is 0 Å². The summed E-state index contributed by atoms with van der Waals surface area (Å²) < 4.78 is 2.27. The topological polar surface area (TPSA) is 29.9 Å². The van der Waals surface area contributed by atoms with E-state index in [1.807, 2.05) is 13.2 Å². The molecule has 1 rings (SSSR count). The zero-order valence-electron chi connectivity index (χ0n) is 11.0. The summed E-state index contributed by atoms with van der Waals surface area (Å²) >= 11 is 0. The molecule has 3 nitrogen and oxygen atoms in total. The molecule has 0 saturated heterocycles. The minimum atomic E-state index is 0.393. The van der Waals surface area contributed by atoms with Crippen LogP contribution < -0.4 is 5.32 Å².